The Bertz CT molecular complexity index is 634. The molecular formula is C21H29N3O3. The van der Waals surface area contributed by atoms with Crippen LogP contribution in [0.5, 0.6) is 0 Å². The Balaban J connectivity index is 1.37. The highest BCUT2D eigenvalue weighted by molar-refractivity contribution is 6.02. The van der Waals surface area contributed by atoms with Crippen molar-refractivity contribution in [1.29, 1.82) is 0 Å². The van der Waals surface area contributed by atoms with E-state index in [0.717, 1.165) is 69.7 Å². The number of ether oxygens (including phenoxy) is 2. The van der Waals surface area contributed by atoms with Gasteiger partial charge in [0.25, 0.3) is 5.91 Å². The van der Waals surface area contributed by atoms with Crippen molar-refractivity contribution in [1.82, 2.24) is 9.91 Å². The molecule has 4 rings (SSSR count). The van der Waals surface area contributed by atoms with Gasteiger partial charge in [0.05, 0.1) is 31.0 Å². The lowest BCUT2D eigenvalue weighted by atomic mass is 10.1. The molecule has 2 atom stereocenters. The van der Waals surface area contributed by atoms with Crippen LogP contribution in [0.1, 0.15) is 37.7 Å². The third-order valence-corrected chi connectivity index (χ3v) is 5.53. The molecule has 0 saturated carbocycles. The maximum Gasteiger partial charge on any atom is 0.256 e. The smallest absolute Gasteiger partial charge is 0.256 e. The zero-order valence-corrected chi connectivity index (χ0v) is 15.9. The fourth-order valence-electron chi connectivity index (χ4n) is 4.10. The first-order valence-corrected chi connectivity index (χ1v) is 10.2. The summed E-state index contributed by atoms with van der Waals surface area (Å²) in [5.41, 5.74) is 2.09. The van der Waals surface area contributed by atoms with Gasteiger partial charge in [0.2, 0.25) is 0 Å². The van der Waals surface area contributed by atoms with Gasteiger partial charge >= 0.3 is 0 Å². The molecule has 6 nitrogen and oxygen atoms in total. The normalized spacial score (nSPS) is 25.4. The largest absolute Gasteiger partial charge is 0.377 e. The van der Waals surface area contributed by atoms with Crippen LogP contribution in [0.15, 0.2) is 35.4 Å². The van der Waals surface area contributed by atoms with Crippen LogP contribution in [0.2, 0.25) is 0 Å². The van der Waals surface area contributed by atoms with Crippen molar-refractivity contribution >= 4 is 11.6 Å². The van der Waals surface area contributed by atoms with Gasteiger partial charge in [-0.05, 0) is 31.2 Å². The van der Waals surface area contributed by atoms with E-state index in [2.05, 4.69) is 10.0 Å². The summed E-state index contributed by atoms with van der Waals surface area (Å²) in [7, 11) is 0. The lowest BCUT2D eigenvalue weighted by Gasteiger charge is -2.28. The fourth-order valence-corrected chi connectivity index (χ4v) is 4.10. The quantitative estimate of drug-likeness (QED) is 0.738. The van der Waals surface area contributed by atoms with Crippen molar-refractivity contribution in [2.45, 2.75) is 44.3 Å². The lowest BCUT2D eigenvalue weighted by molar-refractivity contribution is -0.132. The van der Waals surface area contributed by atoms with Crippen LogP contribution in [0, 0.1) is 0 Å². The van der Waals surface area contributed by atoms with Crippen LogP contribution in [-0.2, 0) is 14.3 Å². The Hall–Kier alpha value is -1.76. The summed E-state index contributed by atoms with van der Waals surface area (Å²) in [5.74, 6) is 0.0666. The average molecular weight is 371 g/mol. The van der Waals surface area contributed by atoms with E-state index in [1.165, 1.54) is 0 Å². The summed E-state index contributed by atoms with van der Waals surface area (Å²) in [4.78, 5) is 15.1. The molecule has 146 valence electrons. The second-order valence-electron chi connectivity index (χ2n) is 7.64. The van der Waals surface area contributed by atoms with Gasteiger partial charge in [-0.25, -0.2) is 5.01 Å². The molecule has 0 radical (unpaired) electrons. The van der Waals surface area contributed by atoms with Crippen LogP contribution in [-0.4, -0.2) is 73.1 Å². The number of rotatable bonds is 7. The van der Waals surface area contributed by atoms with E-state index in [0.29, 0.717) is 13.1 Å². The van der Waals surface area contributed by atoms with Crippen LogP contribution < -0.4 is 0 Å². The highest BCUT2D eigenvalue weighted by Gasteiger charge is 2.28. The number of hydrazone groups is 1. The molecular weight excluding hydrogens is 342 g/mol. The average Bonchev–Trinajstić information content (AvgIpc) is 3.45. The first kappa shape index (κ1) is 18.6. The minimum Gasteiger partial charge on any atom is -0.377 e. The van der Waals surface area contributed by atoms with Gasteiger partial charge in [-0.2, -0.15) is 5.10 Å². The Morgan fingerprint density at radius 1 is 1.07 bits per heavy atom. The number of carbonyl (C=O) groups is 1. The SMILES string of the molecule is O=C(CN(C[C@@H]1CCCO1)C[C@@H]1CCCO1)N1CCC(c2ccccc2)=N1. The molecule has 2 saturated heterocycles. The monoisotopic (exact) mass is 371 g/mol. The summed E-state index contributed by atoms with van der Waals surface area (Å²) in [6, 6.07) is 10.1. The summed E-state index contributed by atoms with van der Waals surface area (Å²) < 4.78 is 11.6. The Morgan fingerprint density at radius 2 is 1.74 bits per heavy atom. The van der Waals surface area contributed by atoms with Crippen LogP contribution in [0.25, 0.3) is 0 Å². The van der Waals surface area contributed by atoms with Crippen molar-refractivity contribution in [2.24, 2.45) is 5.10 Å². The maximum atomic E-state index is 12.9. The molecule has 1 aromatic rings. The molecule has 0 aromatic heterocycles. The van der Waals surface area contributed by atoms with Gasteiger partial charge in [-0.3, -0.25) is 9.69 Å². The Morgan fingerprint density at radius 3 is 2.33 bits per heavy atom. The summed E-state index contributed by atoms with van der Waals surface area (Å²) in [6.07, 6.45) is 5.67. The minimum absolute atomic E-state index is 0.0666. The molecule has 1 aromatic carbocycles. The first-order valence-electron chi connectivity index (χ1n) is 10.2. The van der Waals surface area contributed by atoms with Gasteiger partial charge in [0.1, 0.15) is 0 Å². The molecule has 0 spiro atoms. The van der Waals surface area contributed by atoms with E-state index < -0.39 is 0 Å². The molecule has 27 heavy (non-hydrogen) atoms. The zero-order chi connectivity index (χ0) is 18.5. The number of hydrogen-bond donors (Lipinski definition) is 0. The van der Waals surface area contributed by atoms with E-state index >= 15 is 0 Å². The molecule has 3 aliphatic rings. The van der Waals surface area contributed by atoms with Gasteiger partial charge in [0.15, 0.2) is 0 Å². The summed E-state index contributed by atoms with van der Waals surface area (Å²) in [6.45, 7) is 4.32. The Kier molecular flexibility index (Phi) is 6.17. The third-order valence-electron chi connectivity index (χ3n) is 5.53. The molecule has 1 amide bonds. The van der Waals surface area contributed by atoms with Gasteiger partial charge in [0, 0.05) is 32.7 Å². The lowest BCUT2D eigenvalue weighted by Crippen LogP contribution is -2.44. The fraction of sp³-hybridized carbons (Fsp3) is 0.619. The Labute approximate surface area is 161 Å². The van der Waals surface area contributed by atoms with E-state index in [1.54, 1.807) is 5.01 Å². The van der Waals surface area contributed by atoms with Gasteiger partial charge < -0.3 is 9.47 Å². The summed E-state index contributed by atoms with van der Waals surface area (Å²) >= 11 is 0. The summed E-state index contributed by atoms with van der Waals surface area (Å²) in [5, 5.41) is 6.23. The number of hydrogen-bond acceptors (Lipinski definition) is 5. The van der Waals surface area contributed by atoms with Gasteiger partial charge in [-0.1, -0.05) is 30.3 Å². The predicted octanol–water partition coefficient (Wildman–Crippen LogP) is 2.28. The van der Waals surface area contributed by atoms with Crippen molar-refractivity contribution in [3.8, 4) is 0 Å². The molecule has 3 aliphatic heterocycles. The highest BCUT2D eigenvalue weighted by atomic mass is 16.5. The number of amides is 1. The van der Waals surface area contributed by atoms with E-state index in [9.17, 15) is 4.79 Å². The van der Waals surface area contributed by atoms with Crippen molar-refractivity contribution in [3.05, 3.63) is 35.9 Å². The van der Waals surface area contributed by atoms with Crippen LogP contribution in [0.4, 0.5) is 0 Å². The van der Waals surface area contributed by atoms with Crippen molar-refractivity contribution in [3.63, 3.8) is 0 Å². The second-order valence-corrected chi connectivity index (χ2v) is 7.64. The maximum absolute atomic E-state index is 12.9. The molecule has 6 heteroatoms. The second kappa shape index (κ2) is 8.95. The van der Waals surface area contributed by atoms with Crippen LogP contribution >= 0.6 is 0 Å². The third kappa shape index (κ3) is 4.94. The molecule has 0 N–H and O–H groups in total. The zero-order valence-electron chi connectivity index (χ0n) is 15.9. The predicted molar refractivity (Wildman–Crippen MR) is 104 cm³/mol. The topological polar surface area (TPSA) is 54.4 Å². The van der Waals surface area contributed by atoms with Crippen LogP contribution in [0.3, 0.4) is 0 Å². The number of nitrogens with zero attached hydrogens (tertiary/aromatic N) is 3. The highest BCUT2D eigenvalue weighted by Crippen LogP contribution is 2.18. The van der Waals surface area contributed by atoms with Gasteiger partial charge in [-0.15, -0.1) is 0 Å². The molecule has 0 unspecified atom stereocenters. The number of benzene rings is 1. The molecule has 3 heterocycles. The van der Waals surface area contributed by atoms with E-state index in [-0.39, 0.29) is 18.1 Å². The molecule has 0 aliphatic carbocycles. The van der Waals surface area contributed by atoms with Crippen molar-refractivity contribution in [2.75, 3.05) is 39.4 Å². The van der Waals surface area contributed by atoms with E-state index in [4.69, 9.17) is 9.47 Å². The first-order chi connectivity index (χ1) is 13.3. The van der Waals surface area contributed by atoms with Crippen molar-refractivity contribution < 1.29 is 14.3 Å². The molecule has 0 bridgehead atoms. The number of carbonyl (C=O) groups excluding carboxylic acids is 1. The standard InChI is InChI=1S/C21H29N3O3/c25-21(24-11-10-20(22-24)17-6-2-1-3-7-17)16-23(14-18-8-4-12-26-18)15-19-9-5-13-27-19/h1-3,6-7,18-19H,4-5,8-16H2/t18-,19-/m0/s1. The van der Waals surface area contributed by atoms with E-state index in [1.807, 2.05) is 30.3 Å². The molecule has 2 fully saturated rings. The minimum atomic E-state index is 0.0666.